The maximum atomic E-state index is 12.6. The van der Waals surface area contributed by atoms with Crippen molar-refractivity contribution in [1.29, 1.82) is 0 Å². The van der Waals surface area contributed by atoms with E-state index in [1.54, 1.807) is 6.92 Å². The predicted molar refractivity (Wildman–Crippen MR) is 78.5 cm³/mol. The molecule has 1 fully saturated rings. The van der Waals surface area contributed by atoms with Gasteiger partial charge in [-0.2, -0.15) is 4.31 Å². The van der Waals surface area contributed by atoms with E-state index in [2.05, 4.69) is 4.74 Å². The lowest BCUT2D eigenvalue weighted by Crippen LogP contribution is -2.45. The van der Waals surface area contributed by atoms with Gasteiger partial charge in [0, 0.05) is 19.1 Å². The van der Waals surface area contributed by atoms with Crippen molar-refractivity contribution >= 4 is 16.0 Å². The third-order valence-corrected chi connectivity index (χ3v) is 5.52. The van der Waals surface area contributed by atoms with E-state index in [-0.39, 0.29) is 10.9 Å². The zero-order valence-electron chi connectivity index (χ0n) is 12.2. The van der Waals surface area contributed by atoms with Crippen LogP contribution in [0.5, 0.6) is 0 Å². The van der Waals surface area contributed by atoms with Crippen molar-refractivity contribution < 1.29 is 17.9 Å². The van der Waals surface area contributed by atoms with E-state index in [1.165, 1.54) is 29.6 Å². The van der Waals surface area contributed by atoms with Crippen LogP contribution in [-0.4, -0.2) is 44.9 Å². The summed E-state index contributed by atoms with van der Waals surface area (Å²) < 4.78 is 31.2. The number of methoxy groups -OCH3 is 1. The van der Waals surface area contributed by atoms with Crippen LogP contribution >= 0.6 is 0 Å². The Morgan fingerprint density at radius 2 is 2.14 bits per heavy atom. The van der Waals surface area contributed by atoms with Crippen LogP contribution in [0.4, 0.5) is 0 Å². The van der Waals surface area contributed by atoms with Crippen molar-refractivity contribution in [2.45, 2.75) is 30.7 Å². The number of ether oxygens (including phenoxy) is 1. The minimum atomic E-state index is -3.57. The van der Waals surface area contributed by atoms with Gasteiger partial charge in [0.05, 0.1) is 17.6 Å². The van der Waals surface area contributed by atoms with Gasteiger partial charge in [-0.15, -0.1) is 0 Å². The van der Waals surface area contributed by atoms with E-state index < -0.39 is 16.0 Å². The largest absolute Gasteiger partial charge is 0.465 e. The van der Waals surface area contributed by atoms with E-state index in [9.17, 15) is 13.2 Å². The van der Waals surface area contributed by atoms with Crippen LogP contribution < -0.4 is 5.73 Å². The Labute approximate surface area is 124 Å². The summed E-state index contributed by atoms with van der Waals surface area (Å²) >= 11 is 0. The normalized spacial score (nSPS) is 20.2. The molecule has 1 aromatic rings. The lowest BCUT2D eigenvalue weighted by atomic mass is 10.1. The zero-order chi connectivity index (χ0) is 15.6. The van der Waals surface area contributed by atoms with Crippen LogP contribution in [0.3, 0.4) is 0 Å². The van der Waals surface area contributed by atoms with Gasteiger partial charge in [0.2, 0.25) is 10.0 Å². The van der Waals surface area contributed by atoms with Crippen molar-refractivity contribution in [3.63, 3.8) is 0 Å². The third-order valence-electron chi connectivity index (χ3n) is 3.66. The highest BCUT2D eigenvalue weighted by molar-refractivity contribution is 7.89. The van der Waals surface area contributed by atoms with Gasteiger partial charge >= 0.3 is 5.97 Å². The Hall–Kier alpha value is -1.44. The maximum Gasteiger partial charge on any atom is 0.338 e. The number of carbonyl (C=O) groups is 1. The second-order valence-corrected chi connectivity index (χ2v) is 7.17. The minimum absolute atomic E-state index is 0.121. The Morgan fingerprint density at radius 3 is 2.71 bits per heavy atom. The summed E-state index contributed by atoms with van der Waals surface area (Å²) in [5.41, 5.74) is 6.79. The molecule has 21 heavy (non-hydrogen) atoms. The first-order valence-electron chi connectivity index (χ1n) is 6.81. The number of piperidine rings is 1. The number of benzene rings is 1. The maximum absolute atomic E-state index is 12.6. The van der Waals surface area contributed by atoms with Gasteiger partial charge in [-0.05, 0) is 43.5 Å². The molecule has 1 aromatic carbocycles. The van der Waals surface area contributed by atoms with Crippen LogP contribution in [0.25, 0.3) is 0 Å². The van der Waals surface area contributed by atoms with Crippen molar-refractivity contribution in [3.05, 3.63) is 29.3 Å². The Balaban J connectivity index is 2.32. The van der Waals surface area contributed by atoms with E-state index in [0.717, 1.165) is 12.8 Å². The highest BCUT2D eigenvalue weighted by atomic mass is 32.2. The third kappa shape index (κ3) is 3.25. The molecule has 1 atom stereocenters. The van der Waals surface area contributed by atoms with Gasteiger partial charge < -0.3 is 10.5 Å². The molecule has 0 spiro atoms. The lowest BCUT2D eigenvalue weighted by molar-refractivity contribution is 0.0600. The molecule has 1 aliphatic heterocycles. The SMILES string of the molecule is COC(=O)c1ccc(S(=O)(=O)N2CCCC(N)C2)cc1C. The molecule has 0 aromatic heterocycles. The smallest absolute Gasteiger partial charge is 0.338 e. The van der Waals surface area contributed by atoms with Crippen molar-refractivity contribution in [2.75, 3.05) is 20.2 Å². The van der Waals surface area contributed by atoms with Gasteiger partial charge in [0.1, 0.15) is 0 Å². The Kier molecular flexibility index (Phi) is 4.65. The number of hydrogen-bond donors (Lipinski definition) is 1. The fourth-order valence-corrected chi connectivity index (χ4v) is 4.10. The molecule has 1 saturated heterocycles. The average molecular weight is 312 g/mol. The molecule has 116 valence electrons. The van der Waals surface area contributed by atoms with Crippen LogP contribution in [0.2, 0.25) is 0 Å². The number of nitrogens with zero attached hydrogens (tertiary/aromatic N) is 1. The molecule has 2 rings (SSSR count). The molecule has 7 heteroatoms. The van der Waals surface area contributed by atoms with Crippen LogP contribution in [0.1, 0.15) is 28.8 Å². The van der Waals surface area contributed by atoms with Crippen LogP contribution in [-0.2, 0) is 14.8 Å². The average Bonchev–Trinajstić information content (AvgIpc) is 2.46. The standard InChI is InChI=1S/C14H20N2O4S/c1-10-8-12(5-6-13(10)14(17)20-2)21(18,19)16-7-3-4-11(15)9-16/h5-6,8,11H,3-4,7,9,15H2,1-2H3. The number of esters is 1. The monoisotopic (exact) mass is 312 g/mol. The van der Waals surface area contributed by atoms with Gasteiger partial charge in [0.15, 0.2) is 0 Å². The topological polar surface area (TPSA) is 89.7 Å². The number of sulfonamides is 1. The first-order valence-corrected chi connectivity index (χ1v) is 8.25. The number of hydrogen-bond acceptors (Lipinski definition) is 5. The number of carbonyl (C=O) groups excluding carboxylic acids is 1. The van der Waals surface area contributed by atoms with E-state index in [0.29, 0.717) is 24.2 Å². The van der Waals surface area contributed by atoms with Crippen molar-refractivity contribution in [3.8, 4) is 0 Å². The second-order valence-electron chi connectivity index (χ2n) is 5.23. The van der Waals surface area contributed by atoms with Gasteiger partial charge in [-0.1, -0.05) is 0 Å². The lowest BCUT2D eigenvalue weighted by Gasteiger charge is -2.30. The summed E-state index contributed by atoms with van der Waals surface area (Å²) in [6, 6.07) is 4.30. The van der Waals surface area contributed by atoms with Gasteiger partial charge in [-0.25, -0.2) is 13.2 Å². The van der Waals surface area contributed by atoms with Gasteiger partial charge in [-0.3, -0.25) is 0 Å². The second kappa shape index (κ2) is 6.13. The fraction of sp³-hybridized carbons (Fsp3) is 0.500. The van der Waals surface area contributed by atoms with E-state index >= 15 is 0 Å². The molecule has 6 nitrogen and oxygen atoms in total. The zero-order valence-corrected chi connectivity index (χ0v) is 13.0. The summed E-state index contributed by atoms with van der Waals surface area (Å²) in [5.74, 6) is -0.476. The molecule has 1 aliphatic rings. The summed E-state index contributed by atoms with van der Waals surface area (Å²) in [4.78, 5) is 11.7. The molecule has 0 amide bonds. The number of aryl methyl sites for hydroxylation is 1. The van der Waals surface area contributed by atoms with Crippen molar-refractivity contribution in [2.24, 2.45) is 5.73 Å². The Morgan fingerprint density at radius 1 is 1.43 bits per heavy atom. The predicted octanol–water partition coefficient (Wildman–Crippen LogP) is 0.893. The van der Waals surface area contributed by atoms with E-state index in [1.807, 2.05) is 0 Å². The summed E-state index contributed by atoms with van der Waals surface area (Å²) in [5, 5.41) is 0. The molecular weight excluding hydrogens is 292 g/mol. The summed E-state index contributed by atoms with van der Waals surface area (Å²) in [7, 11) is -2.27. The first-order chi connectivity index (χ1) is 9.86. The van der Waals surface area contributed by atoms with E-state index in [4.69, 9.17) is 5.73 Å². The highest BCUT2D eigenvalue weighted by Crippen LogP contribution is 2.22. The number of nitrogens with two attached hydrogens (primary N) is 1. The highest BCUT2D eigenvalue weighted by Gasteiger charge is 2.29. The number of rotatable bonds is 3. The Bertz CT molecular complexity index is 642. The van der Waals surface area contributed by atoms with Crippen molar-refractivity contribution in [1.82, 2.24) is 4.31 Å². The molecule has 0 radical (unpaired) electrons. The molecule has 0 aliphatic carbocycles. The van der Waals surface area contributed by atoms with Gasteiger partial charge in [0.25, 0.3) is 0 Å². The molecule has 2 N–H and O–H groups in total. The molecule has 0 saturated carbocycles. The minimum Gasteiger partial charge on any atom is -0.465 e. The molecule has 1 heterocycles. The van der Waals surface area contributed by atoms with Crippen LogP contribution in [0, 0.1) is 6.92 Å². The molecule has 1 unspecified atom stereocenters. The summed E-state index contributed by atoms with van der Waals surface area (Å²) in [6.07, 6.45) is 1.60. The van der Waals surface area contributed by atoms with Crippen LogP contribution in [0.15, 0.2) is 23.1 Å². The molecular formula is C14H20N2O4S. The fourth-order valence-electron chi connectivity index (χ4n) is 2.48. The molecule has 0 bridgehead atoms. The first kappa shape index (κ1) is 15.9. The quantitative estimate of drug-likeness (QED) is 0.837. The summed E-state index contributed by atoms with van der Waals surface area (Å²) in [6.45, 7) is 2.50.